The number of rotatable bonds is 1. The van der Waals surface area contributed by atoms with Gasteiger partial charge >= 0.3 is 6.09 Å². The molecule has 0 rings (SSSR count). The van der Waals surface area contributed by atoms with Crippen LogP contribution in [0.5, 0.6) is 0 Å². The Morgan fingerprint density at radius 3 is 2.36 bits per heavy atom. The highest BCUT2D eigenvalue weighted by Gasteiger charge is 2.07. The molecule has 0 aliphatic rings. The fraction of sp³-hybridized carbons (Fsp3) is 0.429. The van der Waals surface area contributed by atoms with E-state index in [-0.39, 0.29) is 0 Å². The third-order valence-corrected chi connectivity index (χ3v) is 1.19. The summed E-state index contributed by atoms with van der Waals surface area (Å²) in [7, 11) is 1.20. The lowest BCUT2D eigenvalue weighted by Gasteiger charge is -2.00. The molecule has 0 aliphatic carbocycles. The first-order valence-electron chi connectivity index (χ1n) is 3.14. The number of amides is 2. The zero-order valence-electron chi connectivity index (χ0n) is 6.80. The van der Waals surface area contributed by atoms with Crippen LogP contribution in [0, 0.1) is 0 Å². The molecule has 4 heteroatoms. The Hall–Kier alpha value is -1.32. The first kappa shape index (κ1) is 9.68. The first-order chi connectivity index (χ1) is 5.11. The van der Waals surface area contributed by atoms with Crippen LogP contribution in [0.3, 0.4) is 0 Å². The summed E-state index contributed by atoms with van der Waals surface area (Å²) in [5, 5.41) is 2.01. The molecule has 0 saturated carbocycles. The maximum Gasteiger partial charge on any atom is 0.413 e. The van der Waals surface area contributed by atoms with Crippen molar-refractivity contribution in [3.63, 3.8) is 0 Å². The van der Waals surface area contributed by atoms with Crippen LogP contribution < -0.4 is 5.32 Å². The molecule has 0 unspecified atom stereocenters. The minimum Gasteiger partial charge on any atom is -0.453 e. The first-order valence-corrected chi connectivity index (χ1v) is 3.14. The largest absolute Gasteiger partial charge is 0.453 e. The molecule has 4 nitrogen and oxygen atoms in total. The van der Waals surface area contributed by atoms with Crippen molar-refractivity contribution in [1.82, 2.24) is 5.32 Å². The molecule has 0 aromatic rings. The lowest BCUT2D eigenvalue weighted by molar-refractivity contribution is -0.116. The average Bonchev–Trinajstić information content (AvgIpc) is 2.02. The van der Waals surface area contributed by atoms with Crippen LogP contribution in [0.1, 0.15) is 13.8 Å². The van der Waals surface area contributed by atoms with E-state index in [2.05, 4.69) is 4.74 Å². The van der Waals surface area contributed by atoms with Gasteiger partial charge in [0.25, 0.3) is 5.91 Å². The maximum atomic E-state index is 10.9. The molecule has 0 aromatic carbocycles. The van der Waals surface area contributed by atoms with Crippen LogP contribution in [0.4, 0.5) is 4.79 Å². The van der Waals surface area contributed by atoms with Crippen LogP contribution in [-0.2, 0) is 9.53 Å². The van der Waals surface area contributed by atoms with Crippen molar-refractivity contribution in [3.05, 3.63) is 11.6 Å². The van der Waals surface area contributed by atoms with E-state index in [9.17, 15) is 9.59 Å². The number of hydrogen-bond donors (Lipinski definition) is 1. The third-order valence-electron chi connectivity index (χ3n) is 1.19. The Morgan fingerprint density at radius 2 is 2.00 bits per heavy atom. The summed E-state index contributed by atoms with van der Waals surface area (Å²) >= 11 is 0. The molecule has 1 N–H and O–H groups in total. The Morgan fingerprint density at radius 1 is 1.45 bits per heavy atom. The third kappa shape index (κ3) is 3.40. The van der Waals surface area contributed by atoms with Gasteiger partial charge in [-0.15, -0.1) is 0 Å². The van der Waals surface area contributed by atoms with E-state index in [1.54, 1.807) is 19.9 Å². The second-order valence-corrected chi connectivity index (χ2v) is 1.92. The molecule has 0 bridgehead atoms. The molecule has 0 saturated heterocycles. The number of carbonyl (C=O) groups is 2. The zero-order chi connectivity index (χ0) is 8.85. The topological polar surface area (TPSA) is 55.4 Å². The molecule has 0 heterocycles. The SMILES string of the molecule is C/C=C(\C)C(=O)NC(=O)OC. The van der Waals surface area contributed by atoms with Gasteiger partial charge in [-0.2, -0.15) is 0 Å². The molecule has 0 fully saturated rings. The molecule has 0 atom stereocenters. The van der Waals surface area contributed by atoms with Crippen LogP contribution in [0.15, 0.2) is 11.6 Å². The molecule has 0 spiro atoms. The molecule has 0 radical (unpaired) electrons. The lowest BCUT2D eigenvalue weighted by Crippen LogP contribution is -2.30. The van der Waals surface area contributed by atoms with Gasteiger partial charge in [0.2, 0.25) is 0 Å². The number of nitrogens with one attached hydrogen (secondary N) is 1. The highest BCUT2D eigenvalue weighted by molar-refractivity contribution is 6.01. The summed E-state index contributed by atoms with van der Waals surface area (Å²) in [6, 6.07) is 0. The Kier molecular flexibility index (Phi) is 3.95. The number of allylic oxidation sites excluding steroid dienone is 1. The number of imide groups is 1. The summed E-state index contributed by atoms with van der Waals surface area (Å²) in [5.41, 5.74) is 0.482. The molecule has 0 aromatic heterocycles. The van der Waals surface area contributed by atoms with Crippen molar-refractivity contribution in [1.29, 1.82) is 0 Å². The number of methoxy groups -OCH3 is 1. The Labute approximate surface area is 65.2 Å². The van der Waals surface area contributed by atoms with E-state index in [0.717, 1.165) is 0 Å². The molecular weight excluding hydrogens is 146 g/mol. The fourth-order valence-corrected chi connectivity index (χ4v) is 0.373. The van der Waals surface area contributed by atoms with Crippen LogP contribution >= 0.6 is 0 Å². The number of hydrogen-bond acceptors (Lipinski definition) is 3. The van der Waals surface area contributed by atoms with E-state index >= 15 is 0 Å². The monoisotopic (exact) mass is 157 g/mol. The predicted octanol–water partition coefficient (Wildman–Crippen LogP) is 0.835. The summed E-state index contributed by atoms with van der Waals surface area (Å²) in [6.07, 6.45) is 0.870. The molecule has 11 heavy (non-hydrogen) atoms. The van der Waals surface area contributed by atoms with E-state index in [4.69, 9.17) is 0 Å². The Balaban J connectivity index is 3.98. The van der Waals surface area contributed by atoms with Crippen LogP contribution in [0.25, 0.3) is 0 Å². The van der Waals surface area contributed by atoms with Crippen molar-refractivity contribution < 1.29 is 14.3 Å². The van der Waals surface area contributed by atoms with E-state index < -0.39 is 12.0 Å². The smallest absolute Gasteiger partial charge is 0.413 e. The Bertz CT molecular complexity index is 196. The average molecular weight is 157 g/mol. The van der Waals surface area contributed by atoms with E-state index in [1.165, 1.54) is 7.11 Å². The van der Waals surface area contributed by atoms with Crippen molar-refractivity contribution in [2.75, 3.05) is 7.11 Å². The van der Waals surface area contributed by atoms with E-state index in [1.807, 2.05) is 5.32 Å². The van der Waals surface area contributed by atoms with Crippen LogP contribution in [-0.4, -0.2) is 19.1 Å². The lowest BCUT2D eigenvalue weighted by atomic mass is 10.3. The van der Waals surface area contributed by atoms with Crippen molar-refractivity contribution in [3.8, 4) is 0 Å². The summed E-state index contributed by atoms with van der Waals surface area (Å²) in [5.74, 6) is -0.431. The van der Waals surface area contributed by atoms with Crippen LogP contribution in [0.2, 0.25) is 0 Å². The van der Waals surface area contributed by atoms with Crippen molar-refractivity contribution in [2.24, 2.45) is 0 Å². The fourth-order valence-electron chi connectivity index (χ4n) is 0.373. The number of alkyl carbamates (subject to hydrolysis) is 1. The standard InChI is InChI=1S/C7H11NO3/c1-4-5(2)6(9)8-7(10)11-3/h4H,1-3H3,(H,8,9,10)/b5-4+. The molecule has 62 valence electrons. The second kappa shape index (κ2) is 4.49. The van der Waals surface area contributed by atoms with Gasteiger partial charge < -0.3 is 4.74 Å². The van der Waals surface area contributed by atoms with Gasteiger partial charge in [-0.1, -0.05) is 6.08 Å². The van der Waals surface area contributed by atoms with Crippen molar-refractivity contribution >= 4 is 12.0 Å². The van der Waals surface area contributed by atoms with Crippen molar-refractivity contribution in [2.45, 2.75) is 13.8 Å². The molecular formula is C7H11NO3. The quantitative estimate of drug-likeness (QED) is 0.574. The zero-order valence-corrected chi connectivity index (χ0v) is 6.80. The van der Waals surface area contributed by atoms with Gasteiger partial charge in [0.1, 0.15) is 0 Å². The van der Waals surface area contributed by atoms with Gasteiger partial charge in [-0.25, -0.2) is 4.79 Å². The minimum absolute atomic E-state index is 0.431. The molecule has 2 amide bonds. The highest BCUT2D eigenvalue weighted by atomic mass is 16.5. The van der Waals surface area contributed by atoms with Gasteiger partial charge in [0.15, 0.2) is 0 Å². The normalized spacial score (nSPS) is 10.6. The maximum absolute atomic E-state index is 10.9. The van der Waals surface area contributed by atoms with Gasteiger partial charge in [-0.3, -0.25) is 10.1 Å². The van der Waals surface area contributed by atoms with Gasteiger partial charge in [0, 0.05) is 5.57 Å². The predicted molar refractivity (Wildman–Crippen MR) is 40.0 cm³/mol. The van der Waals surface area contributed by atoms with Gasteiger partial charge in [-0.05, 0) is 13.8 Å². The summed E-state index contributed by atoms with van der Waals surface area (Å²) < 4.78 is 4.22. The van der Waals surface area contributed by atoms with Gasteiger partial charge in [0.05, 0.1) is 7.11 Å². The molecule has 0 aliphatic heterocycles. The number of ether oxygens (including phenoxy) is 1. The summed E-state index contributed by atoms with van der Waals surface area (Å²) in [4.78, 5) is 21.3. The van der Waals surface area contributed by atoms with E-state index in [0.29, 0.717) is 5.57 Å². The minimum atomic E-state index is -0.740. The second-order valence-electron chi connectivity index (χ2n) is 1.92. The number of carbonyl (C=O) groups excluding carboxylic acids is 2. The highest BCUT2D eigenvalue weighted by Crippen LogP contribution is 1.90. The summed E-state index contributed by atoms with van der Waals surface area (Å²) in [6.45, 7) is 3.32.